The van der Waals surface area contributed by atoms with Crippen LogP contribution in [-0.4, -0.2) is 0 Å². The molecule has 3 atom stereocenters. The van der Waals surface area contributed by atoms with Crippen molar-refractivity contribution in [1.29, 1.82) is 0 Å². The Bertz CT molecular complexity index is 2580. The van der Waals surface area contributed by atoms with Gasteiger partial charge < -0.3 is 4.90 Å². The zero-order valence-electron chi connectivity index (χ0n) is 32.4. The molecule has 272 valence electrons. The minimum Gasteiger partial charge on any atom is -0.309 e. The van der Waals surface area contributed by atoms with Gasteiger partial charge in [0.25, 0.3) is 0 Å². The fourth-order valence-electron chi connectivity index (χ4n) is 11.9. The molecule has 0 N–H and O–H groups in total. The number of hydrogen-bond acceptors (Lipinski definition) is 1. The van der Waals surface area contributed by atoms with Crippen molar-refractivity contribution in [2.24, 2.45) is 11.8 Å². The quantitative estimate of drug-likeness (QED) is 0.166. The number of anilines is 3. The molecule has 55 heavy (non-hydrogen) atoms. The highest BCUT2D eigenvalue weighted by Crippen LogP contribution is 2.58. The molecule has 11 rings (SSSR count). The molecular formula is C54H51N. The minimum absolute atomic E-state index is 0.173. The van der Waals surface area contributed by atoms with Crippen LogP contribution in [0.3, 0.4) is 0 Å². The van der Waals surface area contributed by atoms with E-state index < -0.39 is 0 Å². The van der Waals surface area contributed by atoms with Crippen LogP contribution in [0.4, 0.5) is 17.1 Å². The van der Waals surface area contributed by atoms with Crippen LogP contribution in [0.25, 0.3) is 43.8 Å². The molecule has 0 heterocycles. The predicted molar refractivity (Wildman–Crippen MR) is 233 cm³/mol. The maximum atomic E-state index is 2.63. The third kappa shape index (κ3) is 5.33. The molecular weight excluding hydrogens is 663 g/mol. The van der Waals surface area contributed by atoms with Gasteiger partial charge in [0, 0.05) is 22.1 Å². The van der Waals surface area contributed by atoms with Crippen molar-refractivity contribution in [2.75, 3.05) is 4.90 Å². The monoisotopic (exact) mass is 713 g/mol. The van der Waals surface area contributed by atoms with E-state index in [9.17, 15) is 0 Å². The smallest absolute Gasteiger partial charge is 0.0543 e. The molecule has 0 spiro atoms. The van der Waals surface area contributed by atoms with E-state index in [4.69, 9.17) is 0 Å². The first-order chi connectivity index (χ1) is 27.0. The second-order valence-electron chi connectivity index (χ2n) is 17.9. The number of nitrogens with zero attached hydrogens (tertiary/aromatic N) is 1. The molecule has 1 heteroatoms. The van der Waals surface area contributed by atoms with Gasteiger partial charge in [-0.2, -0.15) is 0 Å². The van der Waals surface area contributed by atoms with E-state index in [1.807, 2.05) is 0 Å². The molecule has 0 aromatic heterocycles. The summed E-state index contributed by atoms with van der Waals surface area (Å²) < 4.78 is 0. The van der Waals surface area contributed by atoms with Gasteiger partial charge in [-0.3, -0.25) is 0 Å². The first-order valence-electron chi connectivity index (χ1n) is 21.2. The summed E-state index contributed by atoms with van der Waals surface area (Å²) in [6.07, 6.45) is 12.3. The molecule has 0 radical (unpaired) electrons. The van der Waals surface area contributed by atoms with Crippen LogP contribution in [0.5, 0.6) is 0 Å². The van der Waals surface area contributed by atoms with Crippen LogP contribution >= 0.6 is 0 Å². The summed E-state index contributed by atoms with van der Waals surface area (Å²) in [5.74, 6) is 3.10. The fraction of sp³-hybridized carbons (Fsp3) is 0.296. The normalized spacial score (nSPS) is 21.2. The van der Waals surface area contributed by atoms with Crippen molar-refractivity contribution in [3.63, 3.8) is 0 Å². The summed E-state index contributed by atoms with van der Waals surface area (Å²) in [4.78, 5) is 2.63. The van der Waals surface area contributed by atoms with Gasteiger partial charge in [0.05, 0.1) is 11.4 Å². The second kappa shape index (κ2) is 13.0. The molecule has 0 aliphatic heterocycles. The van der Waals surface area contributed by atoms with Gasteiger partial charge in [-0.25, -0.2) is 0 Å². The van der Waals surface area contributed by atoms with Crippen molar-refractivity contribution < 1.29 is 0 Å². The highest BCUT2D eigenvalue weighted by Gasteiger charge is 2.42. The van der Waals surface area contributed by atoms with E-state index in [1.165, 1.54) is 135 Å². The van der Waals surface area contributed by atoms with E-state index >= 15 is 0 Å². The Morgan fingerprint density at radius 2 is 1.31 bits per heavy atom. The lowest BCUT2D eigenvalue weighted by Gasteiger charge is -2.34. The predicted octanol–water partition coefficient (Wildman–Crippen LogP) is 15.4. The maximum Gasteiger partial charge on any atom is 0.0543 e. The lowest BCUT2D eigenvalue weighted by molar-refractivity contribution is 0.422. The van der Waals surface area contributed by atoms with Crippen molar-refractivity contribution in [2.45, 2.75) is 88.9 Å². The lowest BCUT2D eigenvalue weighted by Crippen LogP contribution is -2.19. The molecule has 7 aromatic rings. The van der Waals surface area contributed by atoms with Gasteiger partial charge in [-0.05, 0) is 141 Å². The number of benzene rings is 7. The Labute approximate surface area is 327 Å². The molecule has 3 unspecified atom stereocenters. The van der Waals surface area contributed by atoms with Crippen molar-refractivity contribution in [3.05, 3.63) is 162 Å². The van der Waals surface area contributed by atoms with Gasteiger partial charge in [-0.1, -0.05) is 149 Å². The zero-order valence-corrected chi connectivity index (χ0v) is 32.4. The van der Waals surface area contributed by atoms with Gasteiger partial charge >= 0.3 is 0 Å². The molecule has 4 aliphatic carbocycles. The van der Waals surface area contributed by atoms with Gasteiger partial charge in [0.2, 0.25) is 0 Å². The van der Waals surface area contributed by atoms with Gasteiger partial charge in [0.1, 0.15) is 0 Å². The summed E-state index contributed by atoms with van der Waals surface area (Å²) in [5.41, 5.74) is 14.8. The van der Waals surface area contributed by atoms with Crippen molar-refractivity contribution >= 4 is 38.6 Å². The van der Waals surface area contributed by atoms with Crippen LogP contribution in [0.15, 0.2) is 140 Å². The highest BCUT2D eigenvalue weighted by molar-refractivity contribution is 6.05. The van der Waals surface area contributed by atoms with E-state index in [0.717, 1.165) is 11.8 Å². The molecule has 1 nitrogen and oxygen atoms in total. The first-order valence-corrected chi connectivity index (χ1v) is 21.2. The summed E-state index contributed by atoms with van der Waals surface area (Å²) in [5, 5.41) is 5.34. The lowest BCUT2D eigenvalue weighted by atomic mass is 9.77. The van der Waals surface area contributed by atoms with E-state index in [0.29, 0.717) is 11.8 Å². The van der Waals surface area contributed by atoms with Gasteiger partial charge in [0.15, 0.2) is 0 Å². The maximum absolute atomic E-state index is 2.63. The highest BCUT2D eigenvalue weighted by atomic mass is 15.1. The van der Waals surface area contributed by atoms with Crippen LogP contribution in [-0.2, 0) is 5.41 Å². The van der Waals surface area contributed by atoms with E-state index in [-0.39, 0.29) is 5.41 Å². The largest absolute Gasteiger partial charge is 0.309 e. The van der Waals surface area contributed by atoms with Crippen molar-refractivity contribution in [1.82, 2.24) is 0 Å². The zero-order chi connectivity index (χ0) is 36.7. The number of hydrogen-bond donors (Lipinski definition) is 0. The molecule has 0 amide bonds. The Kier molecular flexibility index (Phi) is 7.84. The van der Waals surface area contributed by atoms with Crippen LogP contribution in [0, 0.1) is 11.8 Å². The summed E-state index contributed by atoms with van der Waals surface area (Å²) in [7, 11) is 0. The summed E-state index contributed by atoms with van der Waals surface area (Å²) in [6, 6.07) is 54.0. The van der Waals surface area contributed by atoms with E-state index in [1.54, 1.807) is 5.56 Å². The van der Waals surface area contributed by atoms with E-state index in [2.05, 4.69) is 158 Å². The third-order valence-corrected chi connectivity index (χ3v) is 14.5. The number of rotatable bonds is 6. The standard InChI is InChI=1S/C54H51N/c1-54(2)49-19-11-10-17-45(49)47-29-31-51(52(53(47)54)41-23-22-37-14-6-7-15-39(37)34-41)55(42-26-24-38(25-27-42)36-12-4-3-5-13-36)50-30-28-44(43-16-8-9-18-46(43)50)48-33-35-20-21-40(48)32-35/h6-11,14-19,22-31,34-36,40,48H,3-5,12-13,20-21,32-33H2,1-2H3. The summed E-state index contributed by atoms with van der Waals surface area (Å²) in [6.45, 7) is 4.88. The molecule has 7 aromatic carbocycles. The Balaban J connectivity index is 1.17. The Morgan fingerprint density at radius 3 is 2.11 bits per heavy atom. The third-order valence-electron chi connectivity index (χ3n) is 14.5. The Hall–Kier alpha value is -5.14. The topological polar surface area (TPSA) is 3.24 Å². The minimum atomic E-state index is -0.173. The molecule has 2 bridgehead atoms. The van der Waals surface area contributed by atoms with Crippen molar-refractivity contribution in [3.8, 4) is 22.3 Å². The Morgan fingerprint density at radius 1 is 0.564 bits per heavy atom. The summed E-state index contributed by atoms with van der Waals surface area (Å²) >= 11 is 0. The average Bonchev–Trinajstić information content (AvgIpc) is 3.94. The average molecular weight is 714 g/mol. The number of fused-ring (bicyclic) bond motifs is 7. The van der Waals surface area contributed by atoms with Crippen LogP contribution in [0.2, 0.25) is 0 Å². The first kappa shape index (κ1) is 33.2. The molecule has 4 aliphatic rings. The van der Waals surface area contributed by atoms with Crippen LogP contribution in [0.1, 0.15) is 106 Å². The van der Waals surface area contributed by atoms with Gasteiger partial charge in [-0.15, -0.1) is 0 Å². The fourth-order valence-corrected chi connectivity index (χ4v) is 11.9. The SMILES string of the molecule is CC1(C)c2ccccc2-c2ccc(N(c3ccc(C4CCCCC4)cc3)c3ccc(C4CC5CCC4C5)c4ccccc34)c(-c3ccc4ccccc4c3)c21. The molecule has 3 fully saturated rings. The molecule has 3 saturated carbocycles. The van der Waals surface area contributed by atoms with Crippen LogP contribution < -0.4 is 4.90 Å². The molecule has 0 saturated heterocycles. The second-order valence-corrected chi connectivity index (χ2v) is 17.9.